The molecule has 4 rings (SSSR count). The third-order valence-corrected chi connectivity index (χ3v) is 4.47. The molecule has 1 aliphatic heterocycles. The minimum atomic E-state index is 0.420. The van der Waals surface area contributed by atoms with Crippen LogP contribution in [0.15, 0.2) is 48.8 Å². The van der Waals surface area contributed by atoms with Crippen LogP contribution in [0.2, 0.25) is 0 Å². The van der Waals surface area contributed by atoms with Gasteiger partial charge in [0.2, 0.25) is 0 Å². The van der Waals surface area contributed by atoms with Crippen LogP contribution in [0.3, 0.4) is 0 Å². The lowest BCUT2D eigenvalue weighted by atomic mass is 10.1. The van der Waals surface area contributed by atoms with Crippen LogP contribution in [0.25, 0.3) is 0 Å². The number of anilines is 3. The van der Waals surface area contributed by atoms with Gasteiger partial charge in [0.05, 0.1) is 12.2 Å². The summed E-state index contributed by atoms with van der Waals surface area (Å²) in [5.41, 5.74) is 1.02. The first kappa shape index (κ1) is 15.6. The smallest absolute Gasteiger partial charge is 0.136 e. The number of para-hydroxylation sites is 1. The monoisotopic (exact) mass is 335 g/mol. The minimum Gasteiger partial charge on any atom is -0.356 e. The standard InChI is InChI=1S/C18H21N7/c1-14-20-17(22-15-5-3-2-4-6-15)13-18(21-14)24-10-7-16(8-11-24)25-12-9-19-23-25/h2-6,9,12-13,16H,7-8,10-11H2,1H3,(H,20,21,22). The zero-order valence-corrected chi connectivity index (χ0v) is 14.2. The number of aromatic nitrogens is 5. The van der Waals surface area contributed by atoms with E-state index in [-0.39, 0.29) is 0 Å². The minimum absolute atomic E-state index is 0.420. The van der Waals surface area contributed by atoms with Crippen molar-refractivity contribution in [2.24, 2.45) is 0 Å². The highest BCUT2D eigenvalue weighted by Gasteiger charge is 2.22. The van der Waals surface area contributed by atoms with E-state index in [4.69, 9.17) is 0 Å². The molecule has 3 aromatic rings. The summed E-state index contributed by atoms with van der Waals surface area (Å²) in [6, 6.07) is 12.5. The third kappa shape index (κ3) is 3.60. The number of piperidine rings is 1. The van der Waals surface area contributed by atoms with Gasteiger partial charge in [-0.05, 0) is 31.9 Å². The molecule has 1 aromatic carbocycles. The van der Waals surface area contributed by atoms with Crippen molar-refractivity contribution < 1.29 is 0 Å². The molecule has 0 saturated carbocycles. The van der Waals surface area contributed by atoms with E-state index in [1.54, 1.807) is 6.20 Å². The molecule has 1 aliphatic rings. The second-order valence-electron chi connectivity index (χ2n) is 6.25. The molecule has 0 unspecified atom stereocenters. The number of aryl methyl sites for hydroxylation is 1. The van der Waals surface area contributed by atoms with E-state index in [9.17, 15) is 0 Å². The highest BCUT2D eigenvalue weighted by molar-refractivity contribution is 5.59. The number of hydrogen-bond acceptors (Lipinski definition) is 6. The molecule has 0 aliphatic carbocycles. The maximum atomic E-state index is 4.63. The van der Waals surface area contributed by atoms with Crippen molar-refractivity contribution in [3.63, 3.8) is 0 Å². The molecule has 7 nitrogen and oxygen atoms in total. The summed E-state index contributed by atoms with van der Waals surface area (Å²) >= 11 is 0. The molecule has 128 valence electrons. The molecule has 0 radical (unpaired) electrons. The fraction of sp³-hybridized carbons (Fsp3) is 0.333. The molecule has 0 spiro atoms. The Balaban J connectivity index is 1.47. The molecule has 1 fully saturated rings. The van der Waals surface area contributed by atoms with E-state index < -0.39 is 0 Å². The molecule has 1 N–H and O–H groups in total. The lowest BCUT2D eigenvalue weighted by Gasteiger charge is -2.32. The van der Waals surface area contributed by atoms with Crippen molar-refractivity contribution in [3.05, 3.63) is 54.6 Å². The van der Waals surface area contributed by atoms with E-state index in [2.05, 4.69) is 30.5 Å². The van der Waals surface area contributed by atoms with Crippen LogP contribution in [-0.2, 0) is 0 Å². The molecule has 2 aromatic heterocycles. The summed E-state index contributed by atoms with van der Waals surface area (Å²) < 4.78 is 1.96. The fourth-order valence-electron chi connectivity index (χ4n) is 3.22. The lowest BCUT2D eigenvalue weighted by Crippen LogP contribution is -2.35. The SMILES string of the molecule is Cc1nc(Nc2ccccc2)cc(N2CCC(n3ccnn3)CC2)n1. The Hall–Kier alpha value is -2.96. The van der Waals surface area contributed by atoms with Crippen molar-refractivity contribution >= 4 is 17.3 Å². The predicted molar refractivity (Wildman–Crippen MR) is 97.0 cm³/mol. The van der Waals surface area contributed by atoms with Crippen molar-refractivity contribution in [1.82, 2.24) is 25.0 Å². The molecule has 1 saturated heterocycles. The Kier molecular flexibility index (Phi) is 4.28. The van der Waals surface area contributed by atoms with E-state index in [0.29, 0.717) is 6.04 Å². The van der Waals surface area contributed by atoms with Gasteiger partial charge in [-0.3, -0.25) is 0 Å². The first-order chi connectivity index (χ1) is 12.3. The Labute approximate surface area is 146 Å². The summed E-state index contributed by atoms with van der Waals surface area (Å²) in [5, 5.41) is 11.4. The van der Waals surface area contributed by atoms with Crippen LogP contribution < -0.4 is 10.2 Å². The van der Waals surface area contributed by atoms with Gasteiger partial charge in [0, 0.05) is 31.0 Å². The summed E-state index contributed by atoms with van der Waals surface area (Å²) in [5.74, 6) is 2.57. The lowest BCUT2D eigenvalue weighted by molar-refractivity contribution is 0.359. The van der Waals surface area contributed by atoms with Gasteiger partial charge in [-0.25, -0.2) is 14.6 Å². The molecule has 0 amide bonds. The second kappa shape index (κ2) is 6.88. The quantitative estimate of drug-likeness (QED) is 0.790. The van der Waals surface area contributed by atoms with E-state index in [1.807, 2.05) is 54.2 Å². The number of nitrogens with zero attached hydrogens (tertiary/aromatic N) is 6. The zero-order valence-electron chi connectivity index (χ0n) is 14.2. The van der Waals surface area contributed by atoms with Gasteiger partial charge in [-0.2, -0.15) is 0 Å². The Morgan fingerprint density at radius 3 is 2.60 bits per heavy atom. The molecule has 7 heteroatoms. The van der Waals surface area contributed by atoms with E-state index >= 15 is 0 Å². The Morgan fingerprint density at radius 2 is 1.88 bits per heavy atom. The number of hydrogen-bond donors (Lipinski definition) is 1. The van der Waals surface area contributed by atoms with Crippen LogP contribution in [0.4, 0.5) is 17.3 Å². The summed E-state index contributed by atoms with van der Waals surface area (Å²) in [6.45, 7) is 3.83. The normalized spacial score (nSPS) is 15.3. The predicted octanol–water partition coefficient (Wildman–Crippen LogP) is 2.96. The molecular weight excluding hydrogens is 314 g/mol. The topological polar surface area (TPSA) is 71.8 Å². The van der Waals surface area contributed by atoms with Gasteiger partial charge in [-0.1, -0.05) is 23.4 Å². The molecule has 0 bridgehead atoms. The first-order valence-electron chi connectivity index (χ1n) is 8.56. The molecule has 3 heterocycles. The maximum Gasteiger partial charge on any atom is 0.136 e. The number of rotatable bonds is 4. The van der Waals surface area contributed by atoms with Crippen LogP contribution in [0.5, 0.6) is 0 Å². The average Bonchev–Trinajstić information content (AvgIpc) is 3.17. The summed E-state index contributed by atoms with van der Waals surface area (Å²) in [4.78, 5) is 11.5. The van der Waals surface area contributed by atoms with Crippen molar-refractivity contribution in [2.45, 2.75) is 25.8 Å². The van der Waals surface area contributed by atoms with Gasteiger partial charge >= 0.3 is 0 Å². The molecule has 0 atom stereocenters. The summed E-state index contributed by atoms with van der Waals surface area (Å²) in [7, 11) is 0. The highest BCUT2D eigenvalue weighted by atomic mass is 15.4. The van der Waals surface area contributed by atoms with Gasteiger partial charge in [0.15, 0.2) is 0 Å². The summed E-state index contributed by atoms with van der Waals surface area (Å²) in [6.07, 6.45) is 5.75. The van der Waals surface area contributed by atoms with Gasteiger partial charge in [0.1, 0.15) is 17.5 Å². The molecule has 25 heavy (non-hydrogen) atoms. The van der Waals surface area contributed by atoms with Crippen molar-refractivity contribution in [3.8, 4) is 0 Å². The number of nitrogens with one attached hydrogen (secondary N) is 1. The first-order valence-corrected chi connectivity index (χ1v) is 8.56. The van der Waals surface area contributed by atoms with Crippen LogP contribution >= 0.6 is 0 Å². The van der Waals surface area contributed by atoms with Gasteiger partial charge in [-0.15, -0.1) is 5.10 Å². The Bertz CT molecular complexity index is 809. The zero-order chi connectivity index (χ0) is 17.1. The van der Waals surface area contributed by atoms with E-state index in [1.165, 1.54) is 0 Å². The van der Waals surface area contributed by atoms with Crippen molar-refractivity contribution in [2.75, 3.05) is 23.3 Å². The molecular formula is C18H21N7. The van der Waals surface area contributed by atoms with Gasteiger partial charge < -0.3 is 10.2 Å². The average molecular weight is 335 g/mol. The fourth-order valence-corrected chi connectivity index (χ4v) is 3.22. The van der Waals surface area contributed by atoms with Gasteiger partial charge in [0.25, 0.3) is 0 Å². The van der Waals surface area contributed by atoms with Crippen LogP contribution in [0.1, 0.15) is 24.7 Å². The Morgan fingerprint density at radius 1 is 1.08 bits per heavy atom. The third-order valence-electron chi connectivity index (χ3n) is 4.47. The maximum absolute atomic E-state index is 4.63. The highest BCUT2D eigenvalue weighted by Crippen LogP contribution is 2.26. The largest absolute Gasteiger partial charge is 0.356 e. The van der Waals surface area contributed by atoms with E-state index in [0.717, 1.165) is 49.1 Å². The van der Waals surface area contributed by atoms with Crippen LogP contribution in [0, 0.1) is 6.92 Å². The second-order valence-corrected chi connectivity index (χ2v) is 6.25. The van der Waals surface area contributed by atoms with Crippen molar-refractivity contribution in [1.29, 1.82) is 0 Å². The number of benzene rings is 1. The van der Waals surface area contributed by atoms with Crippen LogP contribution in [-0.4, -0.2) is 38.1 Å².